The number of benzene rings is 1. The minimum atomic E-state index is -3.30. The Hall–Kier alpha value is -0.680. The molecule has 1 N–H and O–H groups in total. The number of aliphatic hydroxyl groups is 1. The molecule has 1 aromatic rings. The highest BCUT2D eigenvalue weighted by atomic mass is 79.9. The second kappa shape index (κ2) is 4.23. The Kier molecular flexibility index (Phi) is 3.44. The lowest BCUT2D eigenvalue weighted by Gasteiger charge is -2.18. The summed E-state index contributed by atoms with van der Waals surface area (Å²) in [5, 5.41) is 8.57. The van der Waals surface area contributed by atoms with Gasteiger partial charge in [0.2, 0.25) is 0 Å². The van der Waals surface area contributed by atoms with E-state index in [2.05, 4.69) is 15.9 Å². The van der Waals surface area contributed by atoms with Crippen LogP contribution in [0.4, 0.5) is 8.78 Å². The molecule has 1 aromatic carbocycles. The van der Waals surface area contributed by atoms with E-state index in [4.69, 9.17) is 9.84 Å². The van der Waals surface area contributed by atoms with Crippen LogP contribution in [0, 0.1) is 0 Å². The Labute approximate surface area is 88.6 Å². The van der Waals surface area contributed by atoms with Crippen molar-refractivity contribution in [1.29, 1.82) is 0 Å². The van der Waals surface area contributed by atoms with Gasteiger partial charge in [0.25, 0.3) is 5.92 Å². The first-order valence-electron chi connectivity index (χ1n) is 3.84. The molecule has 0 bridgehead atoms. The smallest absolute Gasteiger partial charge is 0.300 e. The van der Waals surface area contributed by atoms with Gasteiger partial charge in [-0.2, -0.15) is 8.78 Å². The molecule has 0 aliphatic heterocycles. The molecule has 2 nitrogen and oxygen atoms in total. The summed E-state index contributed by atoms with van der Waals surface area (Å²) in [6.45, 7) is -1.24. The first kappa shape index (κ1) is 11.4. The molecule has 78 valence electrons. The molecule has 0 atom stereocenters. The fourth-order valence-corrected chi connectivity index (χ4v) is 1.75. The van der Waals surface area contributed by atoms with Crippen LogP contribution < -0.4 is 4.74 Å². The van der Waals surface area contributed by atoms with Crippen molar-refractivity contribution < 1.29 is 18.6 Å². The van der Waals surface area contributed by atoms with Crippen LogP contribution in [0.15, 0.2) is 22.7 Å². The lowest BCUT2D eigenvalue weighted by Crippen LogP contribution is -2.20. The molecule has 14 heavy (non-hydrogen) atoms. The van der Waals surface area contributed by atoms with E-state index in [1.165, 1.54) is 19.2 Å². The van der Waals surface area contributed by atoms with Crippen LogP contribution in [-0.4, -0.2) is 18.8 Å². The zero-order valence-corrected chi connectivity index (χ0v) is 9.01. The summed E-state index contributed by atoms with van der Waals surface area (Å²) in [5.74, 6) is -3.25. The van der Waals surface area contributed by atoms with Gasteiger partial charge in [-0.15, -0.1) is 0 Å². The van der Waals surface area contributed by atoms with Crippen molar-refractivity contribution >= 4 is 15.9 Å². The fraction of sp³-hybridized carbons (Fsp3) is 0.333. The largest absolute Gasteiger partial charge is 0.496 e. The molecule has 0 unspecified atom stereocenters. The van der Waals surface area contributed by atoms with Crippen LogP contribution in [0.5, 0.6) is 5.75 Å². The van der Waals surface area contributed by atoms with Crippen molar-refractivity contribution in [2.75, 3.05) is 13.7 Å². The fourth-order valence-electron chi connectivity index (χ4n) is 1.11. The predicted molar refractivity (Wildman–Crippen MR) is 51.7 cm³/mol. The number of methoxy groups -OCH3 is 1. The summed E-state index contributed by atoms with van der Waals surface area (Å²) >= 11 is 2.99. The molecule has 0 spiro atoms. The normalized spacial score (nSPS) is 11.5. The van der Waals surface area contributed by atoms with Gasteiger partial charge in [0.05, 0.1) is 12.7 Å². The number of rotatable bonds is 3. The van der Waals surface area contributed by atoms with Gasteiger partial charge in [0, 0.05) is 4.47 Å². The van der Waals surface area contributed by atoms with Crippen LogP contribution in [0.25, 0.3) is 0 Å². The van der Waals surface area contributed by atoms with Crippen LogP contribution in [0.1, 0.15) is 5.56 Å². The Morgan fingerprint density at radius 2 is 2.14 bits per heavy atom. The van der Waals surface area contributed by atoms with Crippen molar-refractivity contribution in [1.82, 2.24) is 0 Å². The standard InChI is InChI=1S/C9H9BrF2O2/c1-14-7-4-2-3-6(10)8(7)9(11,12)5-13/h2-4,13H,5H2,1H3. The van der Waals surface area contributed by atoms with Crippen molar-refractivity contribution in [2.45, 2.75) is 5.92 Å². The average molecular weight is 267 g/mol. The first-order valence-corrected chi connectivity index (χ1v) is 4.64. The van der Waals surface area contributed by atoms with Gasteiger partial charge < -0.3 is 9.84 Å². The molecule has 0 amide bonds. The van der Waals surface area contributed by atoms with Gasteiger partial charge in [-0.1, -0.05) is 22.0 Å². The second-order valence-corrected chi connectivity index (χ2v) is 3.53. The average Bonchev–Trinajstić information content (AvgIpc) is 2.17. The summed E-state index contributed by atoms with van der Waals surface area (Å²) in [4.78, 5) is 0. The number of ether oxygens (including phenoxy) is 1. The molecule has 5 heteroatoms. The summed E-state index contributed by atoms with van der Waals surface area (Å²) in [7, 11) is 1.30. The number of alkyl halides is 2. The van der Waals surface area contributed by atoms with Gasteiger partial charge in [-0.25, -0.2) is 0 Å². The highest BCUT2D eigenvalue weighted by Crippen LogP contribution is 2.39. The quantitative estimate of drug-likeness (QED) is 0.911. The Bertz CT molecular complexity index is 329. The van der Waals surface area contributed by atoms with Crippen molar-refractivity contribution in [3.63, 3.8) is 0 Å². The SMILES string of the molecule is COc1cccc(Br)c1C(F)(F)CO. The van der Waals surface area contributed by atoms with Gasteiger partial charge in [-0.05, 0) is 12.1 Å². The number of halogens is 3. The summed E-state index contributed by atoms with van der Waals surface area (Å²) in [6.07, 6.45) is 0. The molecule has 0 saturated carbocycles. The van der Waals surface area contributed by atoms with E-state index in [1.54, 1.807) is 6.07 Å². The molecule has 0 aromatic heterocycles. The number of aliphatic hydroxyl groups excluding tert-OH is 1. The summed E-state index contributed by atoms with van der Waals surface area (Å²) < 4.78 is 31.5. The Morgan fingerprint density at radius 3 is 2.64 bits per heavy atom. The zero-order chi connectivity index (χ0) is 10.8. The van der Waals surface area contributed by atoms with E-state index >= 15 is 0 Å². The molecular formula is C9H9BrF2O2. The van der Waals surface area contributed by atoms with Crippen LogP contribution in [0.2, 0.25) is 0 Å². The van der Waals surface area contributed by atoms with E-state index in [9.17, 15) is 8.78 Å². The van der Waals surface area contributed by atoms with Crippen LogP contribution in [0.3, 0.4) is 0 Å². The van der Waals surface area contributed by atoms with Gasteiger partial charge in [0.1, 0.15) is 12.4 Å². The van der Waals surface area contributed by atoms with Gasteiger partial charge in [0.15, 0.2) is 0 Å². The van der Waals surface area contributed by atoms with Crippen LogP contribution >= 0.6 is 15.9 Å². The first-order chi connectivity index (χ1) is 6.53. The molecule has 1 rings (SSSR count). The Balaban J connectivity index is 3.30. The lowest BCUT2D eigenvalue weighted by molar-refractivity contribution is -0.0577. The maximum atomic E-state index is 13.2. The van der Waals surface area contributed by atoms with Crippen molar-refractivity contribution in [3.05, 3.63) is 28.2 Å². The summed E-state index contributed by atoms with van der Waals surface area (Å²) in [6, 6.07) is 4.48. The summed E-state index contributed by atoms with van der Waals surface area (Å²) in [5.41, 5.74) is -0.329. The molecule has 0 radical (unpaired) electrons. The van der Waals surface area contributed by atoms with Gasteiger partial charge >= 0.3 is 0 Å². The number of hydrogen-bond donors (Lipinski definition) is 1. The van der Waals surface area contributed by atoms with E-state index < -0.39 is 12.5 Å². The highest BCUT2D eigenvalue weighted by Gasteiger charge is 2.35. The topological polar surface area (TPSA) is 29.5 Å². The highest BCUT2D eigenvalue weighted by molar-refractivity contribution is 9.10. The maximum absolute atomic E-state index is 13.2. The molecule has 0 heterocycles. The minimum absolute atomic E-state index is 0.0541. The molecule has 0 saturated heterocycles. The lowest BCUT2D eigenvalue weighted by atomic mass is 10.1. The van der Waals surface area contributed by atoms with E-state index in [-0.39, 0.29) is 15.8 Å². The van der Waals surface area contributed by atoms with E-state index in [1.807, 2.05) is 0 Å². The third-order valence-electron chi connectivity index (χ3n) is 1.76. The molecule has 0 fully saturated rings. The second-order valence-electron chi connectivity index (χ2n) is 2.68. The van der Waals surface area contributed by atoms with Gasteiger partial charge in [-0.3, -0.25) is 0 Å². The number of hydrogen-bond acceptors (Lipinski definition) is 2. The van der Waals surface area contributed by atoms with Crippen molar-refractivity contribution in [3.8, 4) is 5.75 Å². The van der Waals surface area contributed by atoms with E-state index in [0.717, 1.165) is 0 Å². The molecule has 0 aliphatic rings. The third-order valence-corrected chi connectivity index (χ3v) is 2.42. The zero-order valence-electron chi connectivity index (χ0n) is 7.43. The minimum Gasteiger partial charge on any atom is -0.496 e. The van der Waals surface area contributed by atoms with Crippen molar-refractivity contribution in [2.24, 2.45) is 0 Å². The maximum Gasteiger partial charge on any atom is 0.300 e. The third kappa shape index (κ3) is 2.04. The monoisotopic (exact) mass is 266 g/mol. The Morgan fingerprint density at radius 1 is 1.50 bits per heavy atom. The molecule has 0 aliphatic carbocycles. The van der Waals surface area contributed by atoms with E-state index in [0.29, 0.717) is 0 Å². The molecular weight excluding hydrogens is 258 g/mol. The predicted octanol–water partition coefficient (Wildman–Crippen LogP) is 2.54. The van der Waals surface area contributed by atoms with Crippen LogP contribution in [-0.2, 0) is 5.92 Å².